The third-order valence-corrected chi connectivity index (χ3v) is 2.32. The molecule has 0 aromatic carbocycles. The second kappa shape index (κ2) is 3.37. The Kier molecular flexibility index (Phi) is 2.68. The molecule has 0 aromatic heterocycles. The Balaban J connectivity index is 2.27. The lowest BCUT2D eigenvalue weighted by molar-refractivity contribution is 0.180. The SMILES string of the molecule is CC[C@H]1C[C@@]1(O)/C=C/CCO. The zero-order valence-corrected chi connectivity index (χ0v) is 6.95. The highest BCUT2D eigenvalue weighted by Gasteiger charge is 2.48. The van der Waals surface area contributed by atoms with Crippen LogP contribution in [0.1, 0.15) is 26.2 Å². The monoisotopic (exact) mass is 156 g/mol. The molecule has 1 saturated carbocycles. The van der Waals surface area contributed by atoms with Crippen molar-refractivity contribution < 1.29 is 10.2 Å². The molecule has 64 valence electrons. The zero-order chi connectivity index (χ0) is 8.32. The first-order chi connectivity index (χ1) is 5.23. The number of aliphatic hydroxyl groups is 2. The van der Waals surface area contributed by atoms with E-state index in [1.54, 1.807) is 0 Å². The molecule has 0 saturated heterocycles. The van der Waals surface area contributed by atoms with Gasteiger partial charge in [-0.05, 0) is 18.8 Å². The number of hydrogen-bond donors (Lipinski definition) is 2. The minimum Gasteiger partial charge on any atom is -0.396 e. The molecular formula is C9H16O2. The van der Waals surface area contributed by atoms with E-state index < -0.39 is 5.60 Å². The Labute approximate surface area is 67.6 Å². The van der Waals surface area contributed by atoms with E-state index in [1.807, 2.05) is 12.2 Å². The van der Waals surface area contributed by atoms with E-state index in [4.69, 9.17) is 5.11 Å². The molecule has 1 aliphatic carbocycles. The molecule has 0 radical (unpaired) electrons. The lowest BCUT2D eigenvalue weighted by Gasteiger charge is -2.00. The predicted molar refractivity (Wildman–Crippen MR) is 44.2 cm³/mol. The van der Waals surface area contributed by atoms with Crippen molar-refractivity contribution in [2.24, 2.45) is 5.92 Å². The second-order valence-electron chi connectivity index (χ2n) is 3.22. The van der Waals surface area contributed by atoms with Crippen LogP contribution in [0.3, 0.4) is 0 Å². The van der Waals surface area contributed by atoms with Crippen LogP contribution in [0, 0.1) is 5.92 Å². The fourth-order valence-electron chi connectivity index (χ4n) is 1.40. The summed E-state index contributed by atoms with van der Waals surface area (Å²) in [4.78, 5) is 0. The molecule has 0 amide bonds. The molecule has 0 aliphatic heterocycles. The van der Waals surface area contributed by atoms with Crippen molar-refractivity contribution in [2.75, 3.05) is 6.61 Å². The zero-order valence-electron chi connectivity index (χ0n) is 6.95. The van der Waals surface area contributed by atoms with Crippen molar-refractivity contribution in [3.8, 4) is 0 Å². The Morgan fingerprint density at radius 1 is 1.64 bits per heavy atom. The fourth-order valence-corrected chi connectivity index (χ4v) is 1.40. The van der Waals surface area contributed by atoms with E-state index in [2.05, 4.69) is 6.92 Å². The normalized spacial score (nSPS) is 36.5. The standard InChI is InChI=1S/C9H16O2/c1-2-8-7-9(8,11)5-3-4-6-10/h3,5,8,10-11H,2,4,6-7H2,1H3/b5-3+/t8-,9-/m0/s1. The molecule has 0 unspecified atom stereocenters. The van der Waals surface area contributed by atoms with Gasteiger partial charge >= 0.3 is 0 Å². The second-order valence-corrected chi connectivity index (χ2v) is 3.22. The number of rotatable bonds is 4. The van der Waals surface area contributed by atoms with Crippen LogP contribution >= 0.6 is 0 Å². The lowest BCUT2D eigenvalue weighted by Crippen LogP contribution is -2.05. The molecular weight excluding hydrogens is 140 g/mol. The van der Waals surface area contributed by atoms with Gasteiger partial charge in [-0.2, -0.15) is 0 Å². The van der Waals surface area contributed by atoms with Crippen LogP contribution in [0.2, 0.25) is 0 Å². The van der Waals surface area contributed by atoms with Gasteiger partial charge in [0.05, 0.1) is 5.60 Å². The molecule has 0 aromatic rings. The van der Waals surface area contributed by atoms with Crippen molar-refractivity contribution in [3.63, 3.8) is 0 Å². The summed E-state index contributed by atoms with van der Waals surface area (Å²) >= 11 is 0. The van der Waals surface area contributed by atoms with E-state index in [0.29, 0.717) is 12.3 Å². The van der Waals surface area contributed by atoms with Crippen molar-refractivity contribution in [2.45, 2.75) is 31.8 Å². The first kappa shape index (κ1) is 8.75. The highest BCUT2D eigenvalue weighted by molar-refractivity contribution is 5.16. The summed E-state index contributed by atoms with van der Waals surface area (Å²) in [7, 11) is 0. The molecule has 2 atom stereocenters. The summed E-state index contributed by atoms with van der Waals surface area (Å²) in [5.41, 5.74) is -0.524. The van der Waals surface area contributed by atoms with E-state index in [1.165, 1.54) is 0 Å². The van der Waals surface area contributed by atoms with Gasteiger partial charge in [-0.1, -0.05) is 25.5 Å². The summed E-state index contributed by atoms with van der Waals surface area (Å²) < 4.78 is 0. The van der Waals surface area contributed by atoms with Gasteiger partial charge in [0.15, 0.2) is 0 Å². The molecule has 2 heteroatoms. The average Bonchev–Trinajstić information content (AvgIpc) is 2.63. The molecule has 1 aliphatic rings. The molecule has 0 heterocycles. The Bertz CT molecular complexity index is 154. The van der Waals surface area contributed by atoms with Crippen LogP contribution < -0.4 is 0 Å². The Morgan fingerprint density at radius 2 is 2.36 bits per heavy atom. The van der Waals surface area contributed by atoms with E-state index in [9.17, 15) is 5.11 Å². The quantitative estimate of drug-likeness (QED) is 0.598. The third kappa shape index (κ3) is 2.04. The lowest BCUT2D eigenvalue weighted by atomic mass is 10.2. The van der Waals surface area contributed by atoms with Crippen LogP contribution in [0.25, 0.3) is 0 Å². The predicted octanol–water partition coefficient (Wildman–Crippen LogP) is 1.09. The summed E-state index contributed by atoms with van der Waals surface area (Å²) in [6, 6.07) is 0. The largest absolute Gasteiger partial charge is 0.396 e. The molecule has 2 N–H and O–H groups in total. The highest BCUT2D eigenvalue weighted by atomic mass is 16.3. The van der Waals surface area contributed by atoms with Gasteiger partial charge in [-0.3, -0.25) is 0 Å². The first-order valence-corrected chi connectivity index (χ1v) is 4.24. The highest BCUT2D eigenvalue weighted by Crippen LogP contribution is 2.46. The maximum absolute atomic E-state index is 9.65. The van der Waals surface area contributed by atoms with Gasteiger partial charge in [0, 0.05) is 6.61 Å². The van der Waals surface area contributed by atoms with Crippen molar-refractivity contribution >= 4 is 0 Å². The van der Waals surface area contributed by atoms with Gasteiger partial charge in [-0.25, -0.2) is 0 Å². The fraction of sp³-hybridized carbons (Fsp3) is 0.778. The molecule has 0 bridgehead atoms. The van der Waals surface area contributed by atoms with Crippen LogP contribution in [-0.4, -0.2) is 22.4 Å². The van der Waals surface area contributed by atoms with E-state index in [-0.39, 0.29) is 6.61 Å². The molecule has 11 heavy (non-hydrogen) atoms. The number of aliphatic hydroxyl groups excluding tert-OH is 1. The molecule has 1 rings (SSSR count). The van der Waals surface area contributed by atoms with Crippen LogP contribution in [0.5, 0.6) is 0 Å². The Morgan fingerprint density at radius 3 is 2.82 bits per heavy atom. The topological polar surface area (TPSA) is 40.5 Å². The van der Waals surface area contributed by atoms with Crippen molar-refractivity contribution in [1.82, 2.24) is 0 Å². The van der Waals surface area contributed by atoms with Gasteiger partial charge < -0.3 is 10.2 Å². The van der Waals surface area contributed by atoms with Gasteiger partial charge in [0.2, 0.25) is 0 Å². The van der Waals surface area contributed by atoms with Crippen molar-refractivity contribution in [1.29, 1.82) is 0 Å². The van der Waals surface area contributed by atoms with Gasteiger partial charge in [0.25, 0.3) is 0 Å². The number of hydrogen-bond acceptors (Lipinski definition) is 2. The summed E-state index contributed by atoms with van der Waals surface area (Å²) in [5.74, 6) is 0.456. The third-order valence-electron chi connectivity index (χ3n) is 2.32. The smallest absolute Gasteiger partial charge is 0.0860 e. The average molecular weight is 156 g/mol. The minimum absolute atomic E-state index is 0.170. The maximum Gasteiger partial charge on any atom is 0.0860 e. The van der Waals surface area contributed by atoms with E-state index in [0.717, 1.165) is 12.8 Å². The summed E-state index contributed by atoms with van der Waals surface area (Å²) in [5, 5.41) is 18.1. The van der Waals surface area contributed by atoms with Gasteiger partial charge in [-0.15, -0.1) is 0 Å². The van der Waals surface area contributed by atoms with E-state index >= 15 is 0 Å². The van der Waals surface area contributed by atoms with Crippen molar-refractivity contribution in [3.05, 3.63) is 12.2 Å². The maximum atomic E-state index is 9.65. The minimum atomic E-state index is -0.524. The Hall–Kier alpha value is -0.340. The molecule has 1 fully saturated rings. The summed E-state index contributed by atoms with van der Waals surface area (Å²) in [6.45, 7) is 2.26. The van der Waals surface area contributed by atoms with Crippen LogP contribution in [0.15, 0.2) is 12.2 Å². The van der Waals surface area contributed by atoms with Crippen LogP contribution in [0.4, 0.5) is 0 Å². The molecule has 2 nitrogen and oxygen atoms in total. The molecule has 0 spiro atoms. The van der Waals surface area contributed by atoms with Crippen LogP contribution in [-0.2, 0) is 0 Å². The summed E-state index contributed by atoms with van der Waals surface area (Å²) in [6.07, 6.45) is 6.27. The van der Waals surface area contributed by atoms with Gasteiger partial charge in [0.1, 0.15) is 0 Å². The first-order valence-electron chi connectivity index (χ1n) is 4.24.